The first-order chi connectivity index (χ1) is 21.5. The second-order valence-corrected chi connectivity index (χ2v) is 11.7. The SMILES string of the molecule is CCCCCCCCCCCCc1ccc(NC(=O)C[C@H](NC(=O)OCC2c3ccccc3-c3ccccc32)C(=O)O)cc1. The summed E-state index contributed by atoms with van der Waals surface area (Å²) in [5, 5.41) is 14.7. The van der Waals surface area contributed by atoms with Gasteiger partial charge in [-0.15, -0.1) is 0 Å². The van der Waals surface area contributed by atoms with Gasteiger partial charge in [0.1, 0.15) is 12.6 Å². The first-order valence-corrected chi connectivity index (χ1v) is 16.2. The third-order valence-corrected chi connectivity index (χ3v) is 8.38. The smallest absolute Gasteiger partial charge is 0.407 e. The lowest BCUT2D eigenvalue weighted by Crippen LogP contribution is -2.43. The molecule has 44 heavy (non-hydrogen) atoms. The lowest BCUT2D eigenvalue weighted by Gasteiger charge is -2.17. The number of fused-ring (bicyclic) bond motifs is 3. The zero-order valence-corrected chi connectivity index (χ0v) is 25.9. The normalized spacial score (nSPS) is 12.7. The predicted octanol–water partition coefficient (Wildman–Crippen LogP) is 8.47. The monoisotopic (exact) mass is 598 g/mol. The van der Waals surface area contributed by atoms with Gasteiger partial charge in [0.25, 0.3) is 0 Å². The molecule has 0 radical (unpaired) electrons. The van der Waals surface area contributed by atoms with Crippen LogP contribution < -0.4 is 10.6 Å². The molecule has 234 valence electrons. The van der Waals surface area contributed by atoms with Crippen molar-refractivity contribution in [2.24, 2.45) is 0 Å². The molecule has 0 bridgehead atoms. The largest absolute Gasteiger partial charge is 0.480 e. The van der Waals surface area contributed by atoms with Gasteiger partial charge in [0, 0.05) is 11.6 Å². The lowest BCUT2D eigenvalue weighted by molar-refractivity contribution is -0.140. The number of carboxylic acid groups (broad SMARTS) is 1. The number of hydrogen-bond donors (Lipinski definition) is 3. The second kappa shape index (κ2) is 17.2. The minimum atomic E-state index is -1.42. The standard InChI is InChI=1S/C37H46N2O5/c1-2-3-4-5-6-7-8-9-10-11-16-27-21-23-28(24-22-27)38-35(40)25-34(36(41)42)39-37(43)44-26-33-31-19-14-12-17-29(31)30-18-13-15-20-32(30)33/h12-15,17-24,33-34H,2-11,16,25-26H2,1H3,(H,38,40)(H,39,43)(H,41,42)/t34-/m0/s1. The molecule has 0 spiro atoms. The van der Waals surface area contributed by atoms with E-state index in [0.717, 1.165) is 35.1 Å². The van der Waals surface area contributed by atoms with Crippen LogP contribution in [-0.2, 0) is 20.7 Å². The van der Waals surface area contributed by atoms with Crippen molar-refractivity contribution in [1.29, 1.82) is 0 Å². The van der Waals surface area contributed by atoms with Gasteiger partial charge in [-0.2, -0.15) is 0 Å². The minimum Gasteiger partial charge on any atom is -0.480 e. The minimum absolute atomic E-state index is 0.0594. The molecule has 4 rings (SSSR count). The Labute approximate surface area is 261 Å². The van der Waals surface area contributed by atoms with E-state index in [4.69, 9.17) is 4.74 Å². The van der Waals surface area contributed by atoms with E-state index in [9.17, 15) is 19.5 Å². The van der Waals surface area contributed by atoms with Gasteiger partial charge in [-0.3, -0.25) is 4.79 Å². The van der Waals surface area contributed by atoms with Crippen LogP contribution >= 0.6 is 0 Å². The van der Waals surface area contributed by atoms with E-state index in [0.29, 0.717) is 5.69 Å². The Balaban J connectivity index is 1.17. The molecule has 2 amide bonds. The molecule has 0 saturated heterocycles. The molecule has 0 heterocycles. The highest BCUT2D eigenvalue weighted by Crippen LogP contribution is 2.44. The summed E-state index contributed by atoms with van der Waals surface area (Å²) in [4.78, 5) is 37.1. The number of hydrogen-bond acceptors (Lipinski definition) is 4. The highest BCUT2D eigenvalue weighted by molar-refractivity contribution is 5.95. The summed E-state index contributed by atoms with van der Waals surface area (Å²) >= 11 is 0. The van der Waals surface area contributed by atoms with Gasteiger partial charge in [-0.1, -0.05) is 125 Å². The van der Waals surface area contributed by atoms with Crippen LogP contribution in [0.2, 0.25) is 0 Å². The number of rotatable bonds is 18. The van der Waals surface area contributed by atoms with Crippen molar-refractivity contribution in [1.82, 2.24) is 5.32 Å². The Kier molecular flexibility index (Phi) is 12.8. The molecule has 0 unspecified atom stereocenters. The number of anilines is 1. The van der Waals surface area contributed by atoms with Crippen molar-refractivity contribution in [3.05, 3.63) is 89.5 Å². The summed E-state index contributed by atoms with van der Waals surface area (Å²) in [6, 6.07) is 22.2. The molecule has 1 aliphatic rings. The molecular formula is C37H46N2O5. The van der Waals surface area contributed by atoms with Gasteiger partial charge in [0.05, 0.1) is 6.42 Å². The van der Waals surface area contributed by atoms with Crippen molar-refractivity contribution in [2.45, 2.75) is 95.9 Å². The molecule has 0 aromatic heterocycles. The summed E-state index contributed by atoms with van der Waals surface area (Å²) in [7, 11) is 0. The first-order valence-electron chi connectivity index (χ1n) is 16.2. The fraction of sp³-hybridized carbons (Fsp3) is 0.432. The van der Waals surface area contributed by atoms with Crippen molar-refractivity contribution >= 4 is 23.7 Å². The number of benzene rings is 3. The Bertz CT molecular complexity index is 1320. The highest BCUT2D eigenvalue weighted by atomic mass is 16.5. The number of unbranched alkanes of at least 4 members (excludes halogenated alkanes) is 9. The molecule has 3 aromatic rings. The van der Waals surface area contributed by atoms with Crippen LogP contribution in [0.5, 0.6) is 0 Å². The Morgan fingerprint density at radius 2 is 1.30 bits per heavy atom. The topological polar surface area (TPSA) is 105 Å². The maximum atomic E-state index is 12.6. The van der Waals surface area contributed by atoms with Gasteiger partial charge in [-0.05, 0) is 52.8 Å². The van der Waals surface area contributed by atoms with Crippen LogP contribution in [0, 0.1) is 0 Å². The Morgan fingerprint density at radius 3 is 1.86 bits per heavy atom. The third kappa shape index (κ3) is 9.69. The van der Waals surface area contributed by atoms with Crippen LogP contribution in [0.4, 0.5) is 10.5 Å². The molecular weight excluding hydrogens is 552 g/mol. The van der Waals surface area contributed by atoms with E-state index in [1.54, 1.807) is 0 Å². The highest BCUT2D eigenvalue weighted by Gasteiger charge is 2.30. The summed E-state index contributed by atoms with van der Waals surface area (Å²) in [6.45, 7) is 2.31. The number of alkyl carbamates (subject to hydrolysis) is 1. The van der Waals surface area contributed by atoms with Crippen LogP contribution in [0.25, 0.3) is 11.1 Å². The number of carboxylic acids is 1. The van der Waals surface area contributed by atoms with Crippen LogP contribution in [0.3, 0.4) is 0 Å². The van der Waals surface area contributed by atoms with Crippen molar-refractivity contribution in [2.75, 3.05) is 11.9 Å². The maximum Gasteiger partial charge on any atom is 0.407 e. The third-order valence-electron chi connectivity index (χ3n) is 8.38. The van der Waals surface area contributed by atoms with E-state index in [1.807, 2.05) is 72.8 Å². The quantitative estimate of drug-likeness (QED) is 0.127. The van der Waals surface area contributed by atoms with Crippen LogP contribution in [-0.4, -0.2) is 35.7 Å². The van der Waals surface area contributed by atoms with Gasteiger partial charge >= 0.3 is 12.1 Å². The van der Waals surface area contributed by atoms with Crippen molar-refractivity contribution in [3.63, 3.8) is 0 Å². The molecule has 0 aliphatic heterocycles. The zero-order valence-electron chi connectivity index (χ0n) is 25.9. The molecule has 0 saturated carbocycles. The van der Waals surface area contributed by atoms with E-state index in [2.05, 4.69) is 17.6 Å². The molecule has 7 heteroatoms. The van der Waals surface area contributed by atoms with Gasteiger partial charge in [0.15, 0.2) is 0 Å². The zero-order chi connectivity index (χ0) is 31.1. The summed E-state index contributed by atoms with van der Waals surface area (Å²) < 4.78 is 5.47. The average molecular weight is 599 g/mol. The average Bonchev–Trinajstić information content (AvgIpc) is 3.35. The molecule has 1 aliphatic carbocycles. The number of ether oxygens (including phenoxy) is 1. The number of carbonyl (C=O) groups is 3. The van der Waals surface area contributed by atoms with E-state index >= 15 is 0 Å². The maximum absolute atomic E-state index is 12.6. The van der Waals surface area contributed by atoms with Crippen molar-refractivity contribution < 1.29 is 24.2 Å². The molecule has 3 aromatic carbocycles. The molecule has 0 fully saturated rings. The van der Waals surface area contributed by atoms with Gasteiger partial charge < -0.3 is 20.5 Å². The van der Waals surface area contributed by atoms with Crippen LogP contribution in [0.1, 0.15) is 100 Å². The Hall–Kier alpha value is -4.13. The van der Waals surface area contributed by atoms with Gasteiger partial charge in [0.2, 0.25) is 5.91 Å². The number of nitrogens with one attached hydrogen (secondary N) is 2. The summed E-state index contributed by atoms with van der Waals surface area (Å²) in [5.74, 6) is -1.95. The fourth-order valence-electron chi connectivity index (χ4n) is 5.95. The predicted molar refractivity (Wildman–Crippen MR) is 175 cm³/mol. The molecule has 1 atom stereocenters. The summed E-state index contributed by atoms with van der Waals surface area (Å²) in [5.41, 5.74) is 6.12. The number of aryl methyl sites for hydroxylation is 1. The number of aliphatic carboxylic acids is 1. The summed E-state index contributed by atoms with van der Waals surface area (Å²) in [6.07, 6.45) is 12.7. The number of amides is 2. The molecule has 3 N–H and O–H groups in total. The van der Waals surface area contributed by atoms with E-state index in [1.165, 1.54) is 63.4 Å². The lowest BCUT2D eigenvalue weighted by atomic mass is 9.98. The van der Waals surface area contributed by atoms with E-state index < -0.39 is 30.4 Å². The Morgan fingerprint density at radius 1 is 0.750 bits per heavy atom. The molecule has 7 nitrogen and oxygen atoms in total. The first kappa shape index (κ1) is 32.8. The van der Waals surface area contributed by atoms with E-state index in [-0.39, 0.29) is 12.5 Å². The van der Waals surface area contributed by atoms with Crippen molar-refractivity contribution in [3.8, 4) is 11.1 Å². The second-order valence-electron chi connectivity index (χ2n) is 11.7. The van der Waals surface area contributed by atoms with Gasteiger partial charge in [-0.25, -0.2) is 9.59 Å². The van der Waals surface area contributed by atoms with Crippen LogP contribution in [0.15, 0.2) is 72.8 Å². The fourth-order valence-corrected chi connectivity index (χ4v) is 5.95. The number of carbonyl (C=O) groups excluding carboxylic acids is 2.